The van der Waals surface area contributed by atoms with Gasteiger partial charge in [0.25, 0.3) is 11.5 Å². The zero-order valence-corrected chi connectivity index (χ0v) is 13.9. The Morgan fingerprint density at radius 2 is 2.08 bits per heavy atom. The van der Waals surface area contributed by atoms with Crippen LogP contribution in [-0.4, -0.2) is 35.4 Å². The quantitative estimate of drug-likeness (QED) is 0.882. The molecule has 1 saturated heterocycles. The molecule has 0 aromatic carbocycles. The van der Waals surface area contributed by atoms with Gasteiger partial charge in [0.1, 0.15) is 11.3 Å². The highest BCUT2D eigenvalue weighted by Crippen LogP contribution is 2.24. The Bertz CT molecular complexity index is 730. The SMILES string of the molecule is Cc1ccc(C(=O)NC[C@H](c2ccco2)N2CCCCC2)c(=O)[nH]1. The molecule has 1 aliphatic heterocycles. The monoisotopic (exact) mass is 329 g/mol. The molecule has 128 valence electrons. The predicted octanol–water partition coefficient (Wildman–Crippen LogP) is 2.23. The summed E-state index contributed by atoms with van der Waals surface area (Å²) in [4.78, 5) is 29.3. The summed E-state index contributed by atoms with van der Waals surface area (Å²) < 4.78 is 5.57. The van der Waals surface area contributed by atoms with Crippen LogP contribution < -0.4 is 10.9 Å². The fourth-order valence-corrected chi connectivity index (χ4v) is 3.16. The van der Waals surface area contributed by atoms with Crippen molar-refractivity contribution in [2.24, 2.45) is 0 Å². The maximum atomic E-state index is 12.4. The molecule has 24 heavy (non-hydrogen) atoms. The number of hydrogen-bond donors (Lipinski definition) is 2. The van der Waals surface area contributed by atoms with Gasteiger partial charge in [-0.2, -0.15) is 0 Å². The molecule has 2 aromatic rings. The Kier molecular flexibility index (Phi) is 5.15. The summed E-state index contributed by atoms with van der Waals surface area (Å²) in [5, 5.41) is 2.88. The van der Waals surface area contributed by atoms with Crippen LogP contribution in [0, 0.1) is 6.92 Å². The van der Waals surface area contributed by atoms with Crippen molar-refractivity contribution in [3.63, 3.8) is 0 Å². The van der Waals surface area contributed by atoms with Crippen molar-refractivity contribution in [1.29, 1.82) is 0 Å². The van der Waals surface area contributed by atoms with Gasteiger partial charge in [-0.05, 0) is 57.1 Å². The first-order chi connectivity index (χ1) is 11.6. The van der Waals surface area contributed by atoms with Gasteiger partial charge >= 0.3 is 0 Å². The Morgan fingerprint density at radius 3 is 2.75 bits per heavy atom. The number of amides is 1. The van der Waals surface area contributed by atoms with Crippen LogP contribution in [0.2, 0.25) is 0 Å². The molecule has 6 nitrogen and oxygen atoms in total. The van der Waals surface area contributed by atoms with Crippen molar-refractivity contribution in [3.8, 4) is 0 Å². The van der Waals surface area contributed by atoms with E-state index in [-0.39, 0.29) is 23.1 Å². The Hall–Kier alpha value is -2.34. The maximum absolute atomic E-state index is 12.4. The van der Waals surface area contributed by atoms with E-state index in [9.17, 15) is 9.59 Å². The fourth-order valence-electron chi connectivity index (χ4n) is 3.16. The number of carbonyl (C=O) groups is 1. The first kappa shape index (κ1) is 16.5. The number of aryl methyl sites for hydroxylation is 1. The lowest BCUT2D eigenvalue weighted by Crippen LogP contribution is -2.41. The van der Waals surface area contributed by atoms with E-state index in [0.717, 1.165) is 37.4 Å². The molecule has 1 amide bonds. The van der Waals surface area contributed by atoms with E-state index in [2.05, 4.69) is 15.2 Å². The summed E-state index contributed by atoms with van der Waals surface area (Å²) in [6, 6.07) is 7.08. The number of furan rings is 1. The second-order valence-electron chi connectivity index (χ2n) is 6.22. The molecule has 0 bridgehead atoms. The third-order valence-electron chi connectivity index (χ3n) is 4.46. The Labute approximate surface area is 140 Å². The standard InChI is InChI=1S/C18H23N3O3/c1-13-7-8-14(18(23)20-13)17(22)19-12-15(16-6-5-11-24-16)21-9-3-2-4-10-21/h5-8,11,15H,2-4,9-10,12H2,1H3,(H,19,22)(H,20,23)/t15-/m1/s1. The summed E-state index contributed by atoms with van der Waals surface area (Å²) in [6.45, 7) is 4.19. The molecule has 3 heterocycles. The van der Waals surface area contributed by atoms with Crippen molar-refractivity contribution in [2.75, 3.05) is 19.6 Å². The lowest BCUT2D eigenvalue weighted by molar-refractivity contribution is 0.0912. The lowest BCUT2D eigenvalue weighted by Gasteiger charge is -2.33. The van der Waals surface area contributed by atoms with Gasteiger partial charge in [-0.1, -0.05) is 6.42 Å². The van der Waals surface area contributed by atoms with Gasteiger partial charge in [0.05, 0.1) is 12.3 Å². The normalized spacial score (nSPS) is 16.7. The van der Waals surface area contributed by atoms with Crippen LogP contribution in [0.5, 0.6) is 0 Å². The number of hydrogen-bond acceptors (Lipinski definition) is 4. The van der Waals surface area contributed by atoms with Crippen LogP contribution in [0.4, 0.5) is 0 Å². The summed E-state index contributed by atoms with van der Waals surface area (Å²) in [5.41, 5.74) is 0.510. The zero-order valence-electron chi connectivity index (χ0n) is 13.9. The average Bonchev–Trinajstić information content (AvgIpc) is 3.10. The molecule has 2 aromatic heterocycles. The maximum Gasteiger partial charge on any atom is 0.260 e. The molecule has 0 saturated carbocycles. The fraction of sp³-hybridized carbons (Fsp3) is 0.444. The molecule has 1 atom stereocenters. The van der Waals surface area contributed by atoms with Crippen molar-refractivity contribution in [1.82, 2.24) is 15.2 Å². The molecule has 0 spiro atoms. The number of rotatable bonds is 5. The summed E-state index contributed by atoms with van der Waals surface area (Å²) in [5.74, 6) is 0.486. The summed E-state index contributed by atoms with van der Waals surface area (Å²) in [6.07, 6.45) is 5.21. The lowest BCUT2D eigenvalue weighted by atomic mass is 10.1. The number of nitrogens with zero attached hydrogens (tertiary/aromatic N) is 1. The summed E-state index contributed by atoms with van der Waals surface area (Å²) in [7, 11) is 0. The number of aromatic nitrogens is 1. The van der Waals surface area contributed by atoms with E-state index < -0.39 is 0 Å². The van der Waals surface area contributed by atoms with E-state index in [1.165, 1.54) is 6.42 Å². The number of carbonyl (C=O) groups excluding carboxylic acids is 1. The summed E-state index contributed by atoms with van der Waals surface area (Å²) >= 11 is 0. The molecule has 2 N–H and O–H groups in total. The number of aromatic amines is 1. The van der Waals surface area contributed by atoms with Gasteiger partial charge in [0, 0.05) is 12.2 Å². The number of piperidine rings is 1. The molecule has 0 aliphatic carbocycles. The Balaban J connectivity index is 1.71. The highest BCUT2D eigenvalue weighted by molar-refractivity contribution is 5.93. The van der Waals surface area contributed by atoms with E-state index >= 15 is 0 Å². The smallest absolute Gasteiger partial charge is 0.260 e. The molecular formula is C18H23N3O3. The number of nitrogens with one attached hydrogen (secondary N) is 2. The number of likely N-dealkylation sites (tertiary alicyclic amines) is 1. The Morgan fingerprint density at radius 1 is 1.29 bits per heavy atom. The van der Waals surface area contributed by atoms with Gasteiger partial charge < -0.3 is 14.7 Å². The second kappa shape index (κ2) is 7.49. The van der Waals surface area contributed by atoms with Gasteiger partial charge in [-0.15, -0.1) is 0 Å². The highest BCUT2D eigenvalue weighted by Gasteiger charge is 2.25. The molecule has 3 rings (SSSR count). The van der Waals surface area contributed by atoms with Crippen molar-refractivity contribution < 1.29 is 9.21 Å². The number of H-pyrrole nitrogens is 1. The zero-order chi connectivity index (χ0) is 16.9. The molecule has 1 fully saturated rings. The van der Waals surface area contributed by atoms with Gasteiger partial charge in [0.2, 0.25) is 0 Å². The minimum atomic E-state index is -0.361. The van der Waals surface area contributed by atoms with Crippen LogP contribution in [0.1, 0.15) is 47.1 Å². The van der Waals surface area contributed by atoms with Crippen molar-refractivity contribution in [3.05, 3.63) is 57.9 Å². The van der Waals surface area contributed by atoms with E-state index in [4.69, 9.17) is 4.42 Å². The van der Waals surface area contributed by atoms with Crippen molar-refractivity contribution >= 4 is 5.91 Å². The molecule has 0 radical (unpaired) electrons. The minimum Gasteiger partial charge on any atom is -0.468 e. The van der Waals surface area contributed by atoms with Crippen LogP contribution in [0.25, 0.3) is 0 Å². The molecule has 6 heteroatoms. The predicted molar refractivity (Wildman–Crippen MR) is 91.0 cm³/mol. The van der Waals surface area contributed by atoms with Crippen LogP contribution >= 0.6 is 0 Å². The van der Waals surface area contributed by atoms with Crippen molar-refractivity contribution in [2.45, 2.75) is 32.2 Å². The van der Waals surface area contributed by atoms with Gasteiger partial charge in [0.15, 0.2) is 0 Å². The largest absolute Gasteiger partial charge is 0.468 e. The minimum absolute atomic E-state index is 0.00576. The first-order valence-electron chi connectivity index (χ1n) is 8.41. The molecule has 1 aliphatic rings. The van der Waals surface area contributed by atoms with E-state index in [1.54, 1.807) is 25.3 Å². The highest BCUT2D eigenvalue weighted by atomic mass is 16.3. The molecule has 0 unspecified atom stereocenters. The third-order valence-corrected chi connectivity index (χ3v) is 4.46. The van der Waals surface area contributed by atoms with Gasteiger partial charge in [-0.25, -0.2) is 0 Å². The van der Waals surface area contributed by atoms with E-state index in [0.29, 0.717) is 6.54 Å². The topological polar surface area (TPSA) is 78.3 Å². The van der Waals surface area contributed by atoms with Gasteiger partial charge in [-0.3, -0.25) is 14.5 Å². The van der Waals surface area contributed by atoms with E-state index in [1.807, 2.05) is 12.1 Å². The second-order valence-corrected chi connectivity index (χ2v) is 6.22. The van der Waals surface area contributed by atoms with Crippen LogP contribution in [0.3, 0.4) is 0 Å². The van der Waals surface area contributed by atoms with Crippen LogP contribution in [-0.2, 0) is 0 Å². The first-order valence-corrected chi connectivity index (χ1v) is 8.41. The molecular weight excluding hydrogens is 306 g/mol. The average molecular weight is 329 g/mol. The van der Waals surface area contributed by atoms with Crippen LogP contribution in [0.15, 0.2) is 39.7 Å². The third kappa shape index (κ3) is 3.76. The number of pyridine rings is 1.